The number of benzene rings is 1. The first kappa shape index (κ1) is 12.3. The zero-order valence-electron chi connectivity index (χ0n) is 10.6. The predicted molar refractivity (Wildman–Crippen MR) is 81.6 cm³/mol. The summed E-state index contributed by atoms with van der Waals surface area (Å²) in [5.74, 6) is 0. The molecule has 0 N–H and O–H groups in total. The molecule has 0 saturated carbocycles. The Balaban J connectivity index is 1.78. The fourth-order valence-electron chi connectivity index (χ4n) is 2.13. The van der Waals surface area contributed by atoms with E-state index in [9.17, 15) is 0 Å². The summed E-state index contributed by atoms with van der Waals surface area (Å²) in [6, 6.07) is 6.40. The van der Waals surface area contributed by atoms with Crippen molar-refractivity contribution in [2.75, 3.05) is 0 Å². The topological polar surface area (TPSA) is 25.8 Å². The summed E-state index contributed by atoms with van der Waals surface area (Å²) in [6.07, 6.45) is 10.9. The highest BCUT2D eigenvalue weighted by Crippen LogP contribution is 2.28. The molecule has 1 aromatic carbocycles. The molecule has 0 aliphatic heterocycles. The van der Waals surface area contributed by atoms with Gasteiger partial charge in [-0.1, -0.05) is 34.1 Å². The van der Waals surface area contributed by atoms with Gasteiger partial charge < -0.3 is 0 Å². The van der Waals surface area contributed by atoms with Gasteiger partial charge in [-0.2, -0.15) is 0 Å². The molecule has 3 rings (SSSR count). The minimum absolute atomic E-state index is 0.892. The van der Waals surface area contributed by atoms with Crippen LogP contribution < -0.4 is 0 Å². The highest BCUT2D eigenvalue weighted by molar-refractivity contribution is 9.10. The smallest absolute Gasteiger partial charge is 0.0813 e. The second-order valence-corrected chi connectivity index (χ2v) is 5.57. The van der Waals surface area contributed by atoms with Gasteiger partial charge in [-0.15, -0.1) is 0 Å². The number of rotatable bonds is 2. The van der Waals surface area contributed by atoms with Gasteiger partial charge in [0.2, 0.25) is 0 Å². The predicted octanol–water partition coefficient (Wildman–Crippen LogP) is 4.20. The number of aryl methyl sites for hydroxylation is 1. The van der Waals surface area contributed by atoms with Crippen LogP contribution in [0.1, 0.15) is 22.5 Å². The van der Waals surface area contributed by atoms with Crippen molar-refractivity contribution >= 4 is 28.1 Å². The SMILES string of the molecule is Cc1cnc(/C=C/C2=Cc3ccc(Br)cc3C2)cn1. The number of aromatic nitrogens is 2. The highest BCUT2D eigenvalue weighted by atomic mass is 79.9. The largest absolute Gasteiger partial charge is 0.258 e. The minimum atomic E-state index is 0.892. The van der Waals surface area contributed by atoms with E-state index in [2.05, 4.69) is 56.2 Å². The normalized spacial score (nSPS) is 13.7. The lowest BCUT2D eigenvalue weighted by atomic mass is 10.1. The number of nitrogens with zero attached hydrogens (tertiary/aromatic N) is 2. The number of halogens is 1. The van der Waals surface area contributed by atoms with Crippen LogP contribution >= 0.6 is 15.9 Å². The Bertz CT molecular complexity index is 670. The lowest BCUT2D eigenvalue weighted by molar-refractivity contribution is 1.10. The van der Waals surface area contributed by atoms with Crippen molar-refractivity contribution in [2.24, 2.45) is 0 Å². The van der Waals surface area contributed by atoms with E-state index >= 15 is 0 Å². The highest BCUT2D eigenvalue weighted by Gasteiger charge is 2.10. The first-order valence-corrected chi connectivity index (χ1v) is 6.96. The molecular formula is C16H13BrN2. The fourth-order valence-corrected chi connectivity index (χ4v) is 2.54. The molecule has 1 aromatic heterocycles. The summed E-state index contributed by atoms with van der Waals surface area (Å²) >= 11 is 3.51. The van der Waals surface area contributed by atoms with E-state index < -0.39 is 0 Å². The van der Waals surface area contributed by atoms with Crippen LogP contribution in [0.3, 0.4) is 0 Å². The van der Waals surface area contributed by atoms with Crippen molar-refractivity contribution in [1.82, 2.24) is 9.97 Å². The van der Waals surface area contributed by atoms with Crippen LogP contribution in [0.2, 0.25) is 0 Å². The lowest BCUT2D eigenvalue weighted by Crippen LogP contribution is -1.86. The third-order valence-electron chi connectivity index (χ3n) is 3.11. The second kappa shape index (κ2) is 5.10. The van der Waals surface area contributed by atoms with E-state index in [1.54, 1.807) is 12.4 Å². The Morgan fingerprint density at radius 3 is 2.84 bits per heavy atom. The Hall–Kier alpha value is -1.74. The van der Waals surface area contributed by atoms with E-state index in [-0.39, 0.29) is 0 Å². The Kier molecular flexibility index (Phi) is 3.30. The van der Waals surface area contributed by atoms with Gasteiger partial charge in [0.25, 0.3) is 0 Å². The third kappa shape index (κ3) is 2.82. The quantitative estimate of drug-likeness (QED) is 0.830. The molecule has 1 heterocycles. The Morgan fingerprint density at radius 2 is 2.05 bits per heavy atom. The van der Waals surface area contributed by atoms with E-state index in [4.69, 9.17) is 0 Å². The Labute approximate surface area is 121 Å². The molecule has 0 radical (unpaired) electrons. The third-order valence-corrected chi connectivity index (χ3v) is 3.60. The van der Waals surface area contributed by atoms with Crippen molar-refractivity contribution in [3.63, 3.8) is 0 Å². The van der Waals surface area contributed by atoms with Crippen LogP contribution in [-0.4, -0.2) is 9.97 Å². The van der Waals surface area contributed by atoms with Crippen molar-refractivity contribution in [3.05, 3.63) is 69.2 Å². The molecule has 2 nitrogen and oxygen atoms in total. The van der Waals surface area contributed by atoms with Crippen molar-refractivity contribution in [3.8, 4) is 0 Å². The van der Waals surface area contributed by atoms with Crippen LogP contribution in [0.4, 0.5) is 0 Å². The molecule has 1 aliphatic carbocycles. The molecule has 2 aromatic rings. The number of hydrogen-bond acceptors (Lipinski definition) is 2. The molecule has 0 unspecified atom stereocenters. The monoisotopic (exact) mass is 312 g/mol. The summed E-state index contributed by atoms with van der Waals surface area (Å²) in [4.78, 5) is 8.55. The van der Waals surface area contributed by atoms with Crippen molar-refractivity contribution < 1.29 is 0 Å². The summed E-state index contributed by atoms with van der Waals surface area (Å²) in [5, 5.41) is 0. The zero-order valence-corrected chi connectivity index (χ0v) is 12.2. The first-order valence-electron chi connectivity index (χ1n) is 6.16. The van der Waals surface area contributed by atoms with Gasteiger partial charge in [-0.05, 0) is 48.3 Å². The lowest BCUT2D eigenvalue weighted by Gasteiger charge is -1.98. The van der Waals surface area contributed by atoms with E-state index in [0.29, 0.717) is 0 Å². The molecule has 0 saturated heterocycles. The molecule has 0 bridgehead atoms. The molecule has 19 heavy (non-hydrogen) atoms. The van der Waals surface area contributed by atoms with Gasteiger partial charge in [-0.25, -0.2) is 0 Å². The van der Waals surface area contributed by atoms with Gasteiger partial charge >= 0.3 is 0 Å². The molecule has 1 aliphatic rings. The Morgan fingerprint density at radius 1 is 1.16 bits per heavy atom. The zero-order chi connectivity index (χ0) is 13.2. The van der Waals surface area contributed by atoms with E-state index in [1.165, 1.54) is 16.7 Å². The van der Waals surface area contributed by atoms with Gasteiger partial charge in [-0.3, -0.25) is 9.97 Å². The molecule has 0 atom stereocenters. The van der Waals surface area contributed by atoms with Gasteiger partial charge in [0, 0.05) is 10.7 Å². The second-order valence-electron chi connectivity index (χ2n) is 4.66. The van der Waals surface area contributed by atoms with Crippen molar-refractivity contribution in [2.45, 2.75) is 13.3 Å². The van der Waals surface area contributed by atoms with Gasteiger partial charge in [0.15, 0.2) is 0 Å². The maximum Gasteiger partial charge on any atom is 0.0813 e. The summed E-state index contributed by atoms with van der Waals surface area (Å²) in [6.45, 7) is 1.94. The van der Waals surface area contributed by atoms with Crippen LogP contribution in [0, 0.1) is 6.92 Å². The first-order chi connectivity index (χ1) is 9.20. The summed E-state index contributed by atoms with van der Waals surface area (Å²) in [7, 11) is 0. The van der Waals surface area contributed by atoms with E-state index in [1.807, 2.05) is 13.0 Å². The average molecular weight is 313 g/mol. The van der Waals surface area contributed by atoms with Crippen LogP contribution in [0.15, 0.2) is 46.7 Å². The summed E-state index contributed by atoms with van der Waals surface area (Å²) < 4.78 is 1.13. The molecular weight excluding hydrogens is 300 g/mol. The minimum Gasteiger partial charge on any atom is -0.258 e. The number of fused-ring (bicyclic) bond motifs is 1. The standard InChI is InChI=1S/C16H13BrN2/c1-11-9-19-16(10-18-11)5-2-12-6-13-3-4-15(17)8-14(13)7-12/h2-6,8-10H,7H2,1H3/b5-2+. The van der Waals surface area contributed by atoms with Crippen LogP contribution in [0.25, 0.3) is 12.2 Å². The molecule has 3 heteroatoms. The maximum absolute atomic E-state index is 4.32. The fraction of sp³-hybridized carbons (Fsp3) is 0.125. The number of hydrogen-bond donors (Lipinski definition) is 0. The van der Waals surface area contributed by atoms with E-state index in [0.717, 1.165) is 22.3 Å². The maximum atomic E-state index is 4.32. The molecule has 0 amide bonds. The van der Waals surface area contributed by atoms with Gasteiger partial charge in [0.1, 0.15) is 0 Å². The number of allylic oxidation sites excluding steroid dienone is 2. The average Bonchev–Trinajstić information content (AvgIpc) is 2.80. The van der Waals surface area contributed by atoms with Crippen LogP contribution in [0.5, 0.6) is 0 Å². The summed E-state index contributed by atoms with van der Waals surface area (Å²) in [5.41, 5.74) is 5.80. The molecule has 94 valence electrons. The van der Waals surface area contributed by atoms with Gasteiger partial charge in [0.05, 0.1) is 17.6 Å². The molecule has 0 spiro atoms. The molecule has 0 fully saturated rings. The van der Waals surface area contributed by atoms with Crippen molar-refractivity contribution in [1.29, 1.82) is 0 Å². The van der Waals surface area contributed by atoms with Crippen LogP contribution in [-0.2, 0) is 6.42 Å².